The quantitative estimate of drug-likeness (QED) is 0.395. The number of hydrogen-bond acceptors (Lipinski definition) is 6. The molecule has 188 valence electrons. The molecule has 8 nitrogen and oxygen atoms in total. The molecule has 2 aromatic heterocycles. The molecule has 0 unspecified atom stereocenters. The van der Waals surface area contributed by atoms with Crippen LogP contribution in [0.25, 0.3) is 16.9 Å². The fourth-order valence-corrected chi connectivity index (χ4v) is 4.85. The van der Waals surface area contributed by atoms with Crippen LogP contribution in [-0.4, -0.2) is 64.2 Å². The number of rotatable bonds is 6. The van der Waals surface area contributed by atoms with Gasteiger partial charge >= 0.3 is 0 Å². The van der Waals surface area contributed by atoms with Crippen LogP contribution < -0.4 is 0 Å². The number of ether oxygens (including phenoxy) is 1. The lowest BCUT2D eigenvalue weighted by atomic mass is 9.99. The summed E-state index contributed by atoms with van der Waals surface area (Å²) in [5.74, 6) is 0.673. The Morgan fingerprint density at radius 3 is 2.51 bits per heavy atom. The number of furan rings is 1. The van der Waals surface area contributed by atoms with Crippen LogP contribution >= 0.6 is 0 Å². The zero-order chi connectivity index (χ0) is 25.2. The second kappa shape index (κ2) is 10.2. The molecule has 0 bridgehead atoms. The summed E-state index contributed by atoms with van der Waals surface area (Å²) in [6, 6.07) is 21.8. The van der Waals surface area contributed by atoms with Gasteiger partial charge in [-0.3, -0.25) is 9.69 Å². The SMILES string of the molecule is Cc1ccc(-c2nn(-c3ccccc3)cc2C2=NN(C(=O)CN3CCOCC3)[C@@H](c3ccco3)C2)cc1. The summed E-state index contributed by atoms with van der Waals surface area (Å²) >= 11 is 0. The van der Waals surface area contributed by atoms with Crippen molar-refractivity contribution in [3.63, 3.8) is 0 Å². The second-order valence-electron chi connectivity index (χ2n) is 9.45. The predicted octanol–water partition coefficient (Wildman–Crippen LogP) is 4.45. The molecule has 0 aliphatic carbocycles. The van der Waals surface area contributed by atoms with E-state index in [0.29, 0.717) is 26.2 Å². The van der Waals surface area contributed by atoms with Crippen molar-refractivity contribution in [1.82, 2.24) is 19.7 Å². The van der Waals surface area contributed by atoms with Gasteiger partial charge in [0.1, 0.15) is 17.5 Å². The standard InChI is InChI=1S/C29H29N5O3/c1-21-9-11-22(12-10-21)29-24(19-33(31-29)23-6-3-2-4-7-23)25-18-26(27-8-5-15-37-27)34(30-25)28(35)20-32-13-16-36-17-14-32/h2-12,15,19,26H,13-14,16-18,20H2,1H3/t26-/m1/s1. The highest BCUT2D eigenvalue weighted by molar-refractivity contribution is 6.07. The molecule has 0 N–H and O–H groups in total. The maximum atomic E-state index is 13.5. The molecule has 0 radical (unpaired) electrons. The minimum Gasteiger partial charge on any atom is -0.467 e. The summed E-state index contributed by atoms with van der Waals surface area (Å²) in [5.41, 5.74) is 5.71. The summed E-state index contributed by atoms with van der Waals surface area (Å²) < 4.78 is 13.1. The number of para-hydroxylation sites is 1. The molecule has 1 fully saturated rings. The zero-order valence-corrected chi connectivity index (χ0v) is 20.8. The first-order valence-electron chi connectivity index (χ1n) is 12.6. The Balaban J connectivity index is 1.39. The van der Waals surface area contributed by atoms with E-state index in [4.69, 9.17) is 19.4 Å². The summed E-state index contributed by atoms with van der Waals surface area (Å²) in [5, 5.41) is 11.5. The van der Waals surface area contributed by atoms with Crippen molar-refractivity contribution in [1.29, 1.82) is 0 Å². The lowest BCUT2D eigenvalue weighted by Crippen LogP contribution is -2.43. The third-order valence-electron chi connectivity index (χ3n) is 6.87. The van der Waals surface area contributed by atoms with Crippen LogP contribution in [0.4, 0.5) is 0 Å². The molecular weight excluding hydrogens is 466 g/mol. The molecule has 4 heterocycles. The topological polar surface area (TPSA) is 76.1 Å². The normalized spacial score (nSPS) is 18.2. The molecule has 1 saturated heterocycles. The molecular formula is C29H29N5O3. The van der Waals surface area contributed by atoms with Crippen molar-refractivity contribution in [2.75, 3.05) is 32.8 Å². The average molecular weight is 496 g/mol. The first kappa shape index (κ1) is 23.4. The van der Waals surface area contributed by atoms with Crippen molar-refractivity contribution in [2.24, 2.45) is 5.10 Å². The highest BCUT2D eigenvalue weighted by atomic mass is 16.5. The Morgan fingerprint density at radius 2 is 1.78 bits per heavy atom. The number of aromatic nitrogens is 2. The molecule has 4 aromatic rings. The molecule has 8 heteroatoms. The van der Waals surface area contributed by atoms with E-state index in [1.165, 1.54) is 5.56 Å². The molecule has 2 aliphatic rings. The number of nitrogens with zero attached hydrogens (tertiary/aromatic N) is 5. The molecule has 1 amide bonds. The van der Waals surface area contributed by atoms with Gasteiger partial charge in [-0.25, -0.2) is 9.69 Å². The lowest BCUT2D eigenvalue weighted by molar-refractivity contribution is -0.135. The Morgan fingerprint density at radius 1 is 1.00 bits per heavy atom. The van der Waals surface area contributed by atoms with E-state index in [1.807, 2.05) is 53.3 Å². The van der Waals surface area contributed by atoms with Crippen LogP contribution in [-0.2, 0) is 9.53 Å². The first-order chi connectivity index (χ1) is 18.2. The number of hydrazone groups is 1. The highest BCUT2D eigenvalue weighted by Crippen LogP contribution is 2.36. The number of benzene rings is 2. The summed E-state index contributed by atoms with van der Waals surface area (Å²) in [6.45, 7) is 5.13. The number of morpholine rings is 1. The summed E-state index contributed by atoms with van der Waals surface area (Å²) in [4.78, 5) is 15.6. The van der Waals surface area contributed by atoms with E-state index < -0.39 is 0 Å². The third-order valence-corrected chi connectivity index (χ3v) is 6.87. The third kappa shape index (κ3) is 4.85. The minimum atomic E-state index is -0.301. The largest absolute Gasteiger partial charge is 0.467 e. The van der Waals surface area contributed by atoms with Crippen molar-refractivity contribution >= 4 is 11.6 Å². The maximum absolute atomic E-state index is 13.5. The van der Waals surface area contributed by atoms with Gasteiger partial charge in [0.05, 0.1) is 37.4 Å². The smallest absolute Gasteiger partial charge is 0.257 e. The van der Waals surface area contributed by atoms with E-state index in [9.17, 15) is 4.79 Å². The van der Waals surface area contributed by atoms with Crippen LogP contribution in [0.1, 0.15) is 29.3 Å². The zero-order valence-electron chi connectivity index (χ0n) is 20.8. The number of carbonyl (C=O) groups excluding carboxylic acids is 1. The van der Waals surface area contributed by atoms with E-state index in [2.05, 4.69) is 36.1 Å². The van der Waals surface area contributed by atoms with Gasteiger partial charge in [0.2, 0.25) is 0 Å². The van der Waals surface area contributed by atoms with Gasteiger partial charge in [-0.2, -0.15) is 10.2 Å². The van der Waals surface area contributed by atoms with Crippen molar-refractivity contribution in [3.05, 3.63) is 96.1 Å². The van der Waals surface area contributed by atoms with Crippen molar-refractivity contribution in [3.8, 4) is 16.9 Å². The molecule has 2 aromatic carbocycles. The number of amides is 1. The lowest BCUT2D eigenvalue weighted by Gasteiger charge is -2.28. The predicted molar refractivity (Wildman–Crippen MR) is 140 cm³/mol. The monoisotopic (exact) mass is 495 g/mol. The second-order valence-corrected chi connectivity index (χ2v) is 9.45. The van der Waals surface area contributed by atoms with Gasteiger partial charge in [0, 0.05) is 36.8 Å². The molecule has 37 heavy (non-hydrogen) atoms. The Kier molecular flexibility index (Phi) is 6.42. The molecule has 0 spiro atoms. The summed E-state index contributed by atoms with van der Waals surface area (Å²) in [6.07, 6.45) is 4.20. The Hall–Kier alpha value is -4.01. The fraction of sp³-hybridized carbons (Fsp3) is 0.276. The van der Waals surface area contributed by atoms with Crippen LogP contribution in [0.5, 0.6) is 0 Å². The number of hydrogen-bond donors (Lipinski definition) is 0. The van der Waals surface area contributed by atoms with Gasteiger partial charge in [-0.1, -0.05) is 48.0 Å². The molecule has 6 rings (SSSR count). The summed E-state index contributed by atoms with van der Waals surface area (Å²) in [7, 11) is 0. The van der Waals surface area contributed by atoms with Crippen LogP contribution in [0, 0.1) is 6.92 Å². The molecule has 0 saturated carbocycles. The Labute approximate surface area is 215 Å². The van der Waals surface area contributed by atoms with E-state index in [1.54, 1.807) is 11.3 Å². The van der Waals surface area contributed by atoms with E-state index >= 15 is 0 Å². The van der Waals surface area contributed by atoms with Crippen LogP contribution in [0.15, 0.2) is 88.7 Å². The highest BCUT2D eigenvalue weighted by Gasteiger charge is 2.37. The van der Waals surface area contributed by atoms with Gasteiger partial charge in [0.15, 0.2) is 0 Å². The molecule has 1 atom stereocenters. The van der Waals surface area contributed by atoms with Gasteiger partial charge < -0.3 is 9.15 Å². The maximum Gasteiger partial charge on any atom is 0.257 e. The number of aryl methyl sites for hydroxylation is 1. The van der Waals surface area contributed by atoms with Crippen molar-refractivity contribution in [2.45, 2.75) is 19.4 Å². The fourth-order valence-electron chi connectivity index (χ4n) is 4.85. The number of carbonyl (C=O) groups is 1. The van der Waals surface area contributed by atoms with Crippen LogP contribution in [0.2, 0.25) is 0 Å². The Bertz CT molecular complexity index is 1390. The molecule has 2 aliphatic heterocycles. The minimum absolute atomic E-state index is 0.0503. The van der Waals surface area contributed by atoms with E-state index in [0.717, 1.165) is 47.1 Å². The van der Waals surface area contributed by atoms with Crippen molar-refractivity contribution < 1.29 is 13.9 Å². The van der Waals surface area contributed by atoms with Gasteiger partial charge in [0.25, 0.3) is 5.91 Å². The van der Waals surface area contributed by atoms with Crippen LogP contribution in [0.3, 0.4) is 0 Å². The van der Waals surface area contributed by atoms with Gasteiger partial charge in [-0.05, 0) is 31.2 Å². The first-order valence-corrected chi connectivity index (χ1v) is 12.6. The van der Waals surface area contributed by atoms with Gasteiger partial charge in [-0.15, -0.1) is 0 Å². The average Bonchev–Trinajstić information content (AvgIpc) is 3.70. The van der Waals surface area contributed by atoms with E-state index in [-0.39, 0.29) is 11.9 Å².